The first-order valence-corrected chi connectivity index (χ1v) is 29.6. The summed E-state index contributed by atoms with van der Waals surface area (Å²) in [7, 11) is 0. The average Bonchev–Trinajstić information content (AvgIpc) is 3.32. The quantitative estimate of drug-likeness (QED) is 0.0321. The van der Waals surface area contributed by atoms with Crippen LogP contribution in [0.4, 0.5) is 0 Å². The molecule has 0 heterocycles. The highest BCUT2D eigenvalue weighted by Gasteiger charge is 2.20. The Morgan fingerprint density at radius 3 is 1.08 bits per heavy atom. The van der Waals surface area contributed by atoms with Gasteiger partial charge in [-0.1, -0.05) is 256 Å². The van der Waals surface area contributed by atoms with E-state index in [1.54, 1.807) is 0 Å². The molecule has 2 atom stereocenters. The first-order chi connectivity index (χ1) is 32.5. The first kappa shape index (κ1) is 64.3. The molecule has 6 heteroatoms. The number of aliphatic hydroxyl groups excluding tert-OH is 2. The third kappa shape index (κ3) is 51.7. The standard InChI is InChI=1S/C60H115NO5/c1-3-5-7-9-11-13-15-17-19-21-22-24-28-32-36-40-44-48-52-58(63)57(56-62)61-59(64)53-49-45-41-37-33-29-25-23-27-31-35-39-43-47-51-55-66-60(65)54-50-46-42-38-34-30-26-20-18-16-14-12-10-8-6-4-2/h20,26-27,31,57-58,62-63H,3-19,21-25,28-30,32-56H2,1-2H3,(H,61,64)/b26-20-,31-27-. The minimum Gasteiger partial charge on any atom is -0.466 e. The lowest BCUT2D eigenvalue weighted by Gasteiger charge is -2.22. The summed E-state index contributed by atoms with van der Waals surface area (Å²) in [6.07, 6.45) is 67.4. The van der Waals surface area contributed by atoms with Gasteiger partial charge >= 0.3 is 5.97 Å². The van der Waals surface area contributed by atoms with E-state index < -0.39 is 12.1 Å². The number of amides is 1. The molecule has 2 unspecified atom stereocenters. The minimum absolute atomic E-state index is 0.0169. The van der Waals surface area contributed by atoms with E-state index in [1.165, 1.54) is 218 Å². The van der Waals surface area contributed by atoms with Gasteiger partial charge in [0.25, 0.3) is 0 Å². The third-order valence-electron chi connectivity index (χ3n) is 13.7. The molecule has 0 radical (unpaired) electrons. The van der Waals surface area contributed by atoms with E-state index >= 15 is 0 Å². The zero-order chi connectivity index (χ0) is 47.9. The van der Waals surface area contributed by atoms with Gasteiger partial charge in [-0.25, -0.2) is 0 Å². The highest BCUT2D eigenvalue weighted by molar-refractivity contribution is 5.76. The van der Waals surface area contributed by atoms with Crippen molar-refractivity contribution in [3.63, 3.8) is 0 Å². The van der Waals surface area contributed by atoms with E-state index in [0.717, 1.165) is 70.6 Å². The monoisotopic (exact) mass is 930 g/mol. The molecular weight excluding hydrogens is 815 g/mol. The molecule has 390 valence electrons. The number of rotatable bonds is 55. The van der Waals surface area contributed by atoms with E-state index in [1.807, 2.05) is 0 Å². The molecule has 0 fully saturated rings. The number of allylic oxidation sites excluding steroid dienone is 4. The average molecular weight is 931 g/mol. The second-order valence-electron chi connectivity index (χ2n) is 20.3. The van der Waals surface area contributed by atoms with Gasteiger partial charge in [0.2, 0.25) is 5.91 Å². The van der Waals surface area contributed by atoms with Crippen LogP contribution in [-0.2, 0) is 14.3 Å². The van der Waals surface area contributed by atoms with Gasteiger partial charge in [0.05, 0.1) is 25.4 Å². The van der Waals surface area contributed by atoms with Gasteiger partial charge < -0.3 is 20.3 Å². The van der Waals surface area contributed by atoms with Crippen LogP contribution < -0.4 is 5.32 Å². The van der Waals surface area contributed by atoms with Crippen molar-refractivity contribution >= 4 is 11.9 Å². The summed E-state index contributed by atoms with van der Waals surface area (Å²) in [6, 6.07) is -0.553. The van der Waals surface area contributed by atoms with Crippen LogP contribution >= 0.6 is 0 Å². The van der Waals surface area contributed by atoms with Crippen molar-refractivity contribution in [1.29, 1.82) is 0 Å². The molecule has 0 rings (SSSR count). The van der Waals surface area contributed by atoms with E-state index in [9.17, 15) is 19.8 Å². The zero-order valence-corrected chi connectivity index (χ0v) is 44.4. The Morgan fingerprint density at radius 2 is 0.712 bits per heavy atom. The fraction of sp³-hybridized carbons (Fsp3) is 0.900. The van der Waals surface area contributed by atoms with Crippen molar-refractivity contribution in [2.45, 2.75) is 334 Å². The molecule has 1 amide bonds. The highest BCUT2D eigenvalue weighted by Crippen LogP contribution is 2.17. The molecule has 66 heavy (non-hydrogen) atoms. The van der Waals surface area contributed by atoms with Crippen LogP contribution in [0.3, 0.4) is 0 Å². The maximum Gasteiger partial charge on any atom is 0.305 e. The highest BCUT2D eigenvalue weighted by atomic mass is 16.5. The van der Waals surface area contributed by atoms with Crippen LogP contribution in [0.5, 0.6) is 0 Å². The zero-order valence-electron chi connectivity index (χ0n) is 44.4. The maximum absolute atomic E-state index is 12.5. The lowest BCUT2D eigenvalue weighted by atomic mass is 10.0. The number of unbranched alkanes of at least 4 members (excludes halogenated alkanes) is 40. The van der Waals surface area contributed by atoms with Crippen LogP contribution in [0.25, 0.3) is 0 Å². The van der Waals surface area contributed by atoms with Crippen LogP contribution in [0, 0.1) is 0 Å². The number of hydrogen-bond acceptors (Lipinski definition) is 5. The van der Waals surface area contributed by atoms with E-state index in [2.05, 4.69) is 43.5 Å². The summed E-state index contributed by atoms with van der Waals surface area (Å²) in [5.41, 5.74) is 0. The molecule has 3 N–H and O–H groups in total. The lowest BCUT2D eigenvalue weighted by molar-refractivity contribution is -0.143. The van der Waals surface area contributed by atoms with Gasteiger partial charge in [-0.2, -0.15) is 0 Å². The fourth-order valence-electron chi connectivity index (χ4n) is 9.16. The Bertz CT molecular complexity index is 1030. The van der Waals surface area contributed by atoms with Crippen LogP contribution in [0.2, 0.25) is 0 Å². The number of ether oxygens (including phenoxy) is 1. The van der Waals surface area contributed by atoms with Crippen LogP contribution in [0.1, 0.15) is 322 Å². The minimum atomic E-state index is -0.675. The van der Waals surface area contributed by atoms with Gasteiger partial charge in [0.1, 0.15) is 0 Å². The predicted molar refractivity (Wildman–Crippen MR) is 287 cm³/mol. The molecule has 0 saturated carbocycles. The molecule has 0 aromatic heterocycles. The fourth-order valence-corrected chi connectivity index (χ4v) is 9.16. The van der Waals surface area contributed by atoms with E-state index in [4.69, 9.17) is 4.74 Å². The summed E-state index contributed by atoms with van der Waals surface area (Å²) in [4.78, 5) is 24.5. The number of carbonyl (C=O) groups is 2. The molecule has 0 bridgehead atoms. The van der Waals surface area contributed by atoms with Crippen LogP contribution in [-0.4, -0.2) is 47.4 Å². The second kappa shape index (κ2) is 55.9. The number of carbonyl (C=O) groups excluding carboxylic acids is 2. The van der Waals surface area contributed by atoms with Crippen molar-refractivity contribution in [2.75, 3.05) is 13.2 Å². The number of hydrogen-bond donors (Lipinski definition) is 3. The van der Waals surface area contributed by atoms with Crippen molar-refractivity contribution in [3.8, 4) is 0 Å². The second-order valence-corrected chi connectivity index (χ2v) is 20.3. The molecule has 0 aliphatic carbocycles. The smallest absolute Gasteiger partial charge is 0.305 e. The molecular formula is C60H115NO5. The molecule has 0 spiro atoms. The summed E-state index contributed by atoms with van der Waals surface area (Å²) < 4.78 is 5.46. The Hall–Kier alpha value is -1.66. The van der Waals surface area contributed by atoms with Gasteiger partial charge in [-0.05, 0) is 77.0 Å². The Morgan fingerprint density at radius 1 is 0.409 bits per heavy atom. The van der Waals surface area contributed by atoms with Gasteiger partial charge in [0, 0.05) is 12.8 Å². The molecule has 0 saturated heterocycles. The lowest BCUT2D eigenvalue weighted by Crippen LogP contribution is -2.45. The third-order valence-corrected chi connectivity index (χ3v) is 13.7. The molecule has 0 aromatic carbocycles. The maximum atomic E-state index is 12.5. The Kier molecular flexibility index (Phi) is 54.5. The van der Waals surface area contributed by atoms with Crippen molar-refractivity contribution in [1.82, 2.24) is 5.32 Å². The van der Waals surface area contributed by atoms with E-state index in [-0.39, 0.29) is 18.5 Å². The van der Waals surface area contributed by atoms with Crippen molar-refractivity contribution < 1.29 is 24.5 Å². The summed E-state index contributed by atoms with van der Waals surface area (Å²) in [5, 5.41) is 23.3. The summed E-state index contributed by atoms with van der Waals surface area (Å²) >= 11 is 0. The van der Waals surface area contributed by atoms with Crippen molar-refractivity contribution in [2.24, 2.45) is 0 Å². The molecule has 0 aliphatic rings. The number of aliphatic hydroxyl groups is 2. The first-order valence-electron chi connectivity index (χ1n) is 29.6. The van der Waals surface area contributed by atoms with Gasteiger partial charge in [-0.15, -0.1) is 0 Å². The number of esters is 1. The van der Waals surface area contributed by atoms with Crippen molar-refractivity contribution in [3.05, 3.63) is 24.3 Å². The van der Waals surface area contributed by atoms with Gasteiger partial charge in [-0.3, -0.25) is 9.59 Å². The predicted octanol–water partition coefficient (Wildman–Crippen LogP) is 18.2. The normalized spacial score (nSPS) is 12.7. The van der Waals surface area contributed by atoms with Gasteiger partial charge in [0.15, 0.2) is 0 Å². The van der Waals surface area contributed by atoms with E-state index in [0.29, 0.717) is 25.9 Å². The van der Waals surface area contributed by atoms with Crippen LogP contribution in [0.15, 0.2) is 24.3 Å². The topological polar surface area (TPSA) is 95.9 Å². The largest absolute Gasteiger partial charge is 0.466 e. The Labute approximate surface area is 411 Å². The summed E-state index contributed by atoms with van der Waals surface area (Å²) in [5.74, 6) is -0.0652. The Balaban J connectivity index is 3.47. The molecule has 0 aliphatic heterocycles. The summed E-state index contributed by atoms with van der Waals surface area (Å²) in [6.45, 7) is 4.93. The molecule has 6 nitrogen and oxygen atoms in total. The number of nitrogens with one attached hydrogen (secondary N) is 1. The molecule has 0 aromatic rings. The SMILES string of the molecule is CCCCCCCCC/C=C\CCCCCCCC(=O)OCCCCCC/C=C\CCCCCCCCCC(=O)NC(CO)C(O)CCCCCCCCCCCCCCCCCCCC.